The van der Waals surface area contributed by atoms with Crippen molar-refractivity contribution >= 4 is 44.4 Å². The molecule has 0 atom stereocenters. The number of ketones is 1. The summed E-state index contributed by atoms with van der Waals surface area (Å²) >= 11 is 5.61. The van der Waals surface area contributed by atoms with Crippen LogP contribution in [0.15, 0.2) is 54.6 Å². The van der Waals surface area contributed by atoms with E-state index in [1.54, 1.807) is 13.2 Å². The quantitative estimate of drug-likeness (QED) is 0.232. The van der Waals surface area contributed by atoms with Crippen molar-refractivity contribution in [2.24, 2.45) is 0 Å². The lowest BCUT2D eigenvalue weighted by Crippen LogP contribution is -2.08. The average molecular weight is 432 g/mol. The van der Waals surface area contributed by atoms with Crippen LogP contribution in [-0.4, -0.2) is 22.7 Å². The van der Waals surface area contributed by atoms with Crippen molar-refractivity contribution in [3.63, 3.8) is 0 Å². The van der Waals surface area contributed by atoms with Gasteiger partial charge in [0.1, 0.15) is 5.75 Å². The van der Waals surface area contributed by atoms with Crippen LogP contribution in [-0.2, 0) is 24.2 Å². The fourth-order valence-electron chi connectivity index (χ4n) is 4.92. The number of aromatic nitrogens is 1. The number of rotatable bonds is 5. The Kier molecular flexibility index (Phi) is 5.03. The molecule has 1 heterocycles. The van der Waals surface area contributed by atoms with Crippen LogP contribution in [0, 0.1) is 0 Å². The molecule has 0 saturated carbocycles. The Morgan fingerprint density at radius 2 is 1.74 bits per heavy atom. The van der Waals surface area contributed by atoms with E-state index in [0.29, 0.717) is 12.1 Å². The van der Waals surface area contributed by atoms with Gasteiger partial charge in [0.15, 0.2) is 0 Å². The van der Waals surface area contributed by atoms with Gasteiger partial charge >= 0.3 is 0 Å². The van der Waals surface area contributed by atoms with E-state index in [9.17, 15) is 9.59 Å². The van der Waals surface area contributed by atoms with Crippen LogP contribution in [0.5, 0.6) is 5.75 Å². The fraction of sp³-hybridized carbons (Fsp3) is 0.231. The summed E-state index contributed by atoms with van der Waals surface area (Å²) in [7, 11) is 1.68. The van der Waals surface area contributed by atoms with E-state index in [0.717, 1.165) is 58.8 Å². The summed E-state index contributed by atoms with van der Waals surface area (Å²) in [5.41, 5.74) is 5.89. The highest BCUT2D eigenvalue weighted by atomic mass is 35.5. The zero-order chi connectivity index (χ0) is 21.5. The normalized spacial score (nSPS) is 13.4. The van der Waals surface area contributed by atoms with Crippen molar-refractivity contribution in [3.05, 3.63) is 76.9 Å². The molecule has 0 saturated heterocycles. The third-order valence-electron chi connectivity index (χ3n) is 6.26. The molecule has 5 heteroatoms. The van der Waals surface area contributed by atoms with Gasteiger partial charge in [-0.15, -0.1) is 0 Å². The Morgan fingerprint density at radius 1 is 0.968 bits per heavy atom. The summed E-state index contributed by atoms with van der Waals surface area (Å²) in [6, 6.07) is 17.9. The van der Waals surface area contributed by atoms with Crippen LogP contribution < -0.4 is 4.74 Å². The molecule has 0 fully saturated rings. The predicted octanol–water partition coefficient (Wildman–Crippen LogP) is 5.68. The largest absolute Gasteiger partial charge is 0.496 e. The SMILES string of the molecule is COc1c2c(cc3c1c1c(C(=O)C(=O)Cl)cccc1n3Cc1ccccc1)CCCC2. The molecule has 31 heavy (non-hydrogen) atoms. The van der Waals surface area contributed by atoms with Crippen LogP contribution in [0.2, 0.25) is 0 Å². The summed E-state index contributed by atoms with van der Waals surface area (Å²) in [5.74, 6) is 0.122. The van der Waals surface area contributed by atoms with Crippen molar-refractivity contribution in [2.45, 2.75) is 32.2 Å². The van der Waals surface area contributed by atoms with Crippen molar-refractivity contribution in [1.82, 2.24) is 4.57 Å². The summed E-state index contributed by atoms with van der Waals surface area (Å²) in [6.07, 6.45) is 4.24. The molecule has 0 N–H and O–H groups in total. The van der Waals surface area contributed by atoms with Gasteiger partial charge in [-0.1, -0.05) is 42.5 Å². The standard InChI is InChI=1S/C26H22ClNO3/c1-31-25-18-11-6-5-10-17(18)14-21-23(25)22-19(24(29)26(27)30)12-7-13-20(22)28(21)15-16-8-3-2-4-9-16/h2-4,7-9,12-14H,5-6,10-11,15H2,1H3. The van der Waals surface area contributed by atoms with Crippen LogP contribution >= 0.6 is 11.6 Å². The first-order valence-corrected chi connectivity index (χ1v) is 10.9. The molecule has 5 rings (SSSR count). The molecule has 0 spiro atoms. The zero-order valence-corrected chi connectivity index (χ0v) is 18.0. The summed E-state index contributed by atoms with van der Waals surface area (Å²) in [5, 5.41) is 0.641. The molecule has 1 aliphatic rings. The van der Waals surface area contributed by atoms with Crippen LogP contribution in [0.4, 0.5) is 0 Å². The second kappa shape index (κ2) is 7.86. The number of hydrogen-bond donors (Lipinski definition) is 0. The molecule has 3 aromatic carbocycles. The number of carbonyl (C=O) groups excluding carboxylic acids is 2. The summed E-state index contributed by atoms with van der Waals surface area (Å²) in [6.45, 7) is 0.648. The third kappa shape index (κ3) is 3.22. The third-order valence-corrected chi connectivity index (χ3v) is 6.44. The monoisotopic (exact) mass is 431 g/mol. The van der Waals surface area contributed by atoms with Crippen molar-refractivity contribution in [2.75, 3.05) is 7.11 Å². The van der Waals surface area contributed by atoms with Crippen molar-refractivity contribution in [3.8, 4) is 5.75 Å². The molecule has 0 amide bonds. The van der Waals surface area contributed by atoms with E-state index in [4.69, 9.17) is 16.3 Å². The molecular weight excluding hydrogens is 410 g/mol. The highest BCUT2D eigenvalue weighted by molar-refractivity contribution is 6.83. The zero-order valence-electron chi connectivity index (χ0n) is 17.3. The number of methoxy groups -OCH3 is 1. The Balaban J connectivity index is 1.92. The molecule has 156 valence electrons. The van der Waals surface area contributed by atoms with Gasteiger partial charge in [0.25, 0.3) is 5.24 Å². The molecule has 0 aliphatic heterocycles. The number of Topliss-reactive ketones (excluding diaryl/α,β-unsaturated/α-hetero) is 1. The molecule has 0 radical (unpaired) electrons. The number of hydrogen-bond acceptors (Lipinski definition) is 3. The Morgan fingerprint density at radius 3 is 2.48 bits per heavy atom. The fourth-order valence-corrected chi connectivity index (χ4v) is 5.02. The molecule has 0 unspecified atom stereocenters. The second-order valence-corrected chi connectivity index (χ2v) is 8.37. The molecule has 1 aliphatic carbocycles. The Labute approximate surface area is 185 Å². The van der Waals surface area contributed by atoms with Crippen LogP contribution in [0.3, 0.4) is 0 Å². The topological polar surface area (TPSA) is 48.3 Å². The first kappa shape index (κ1) is 19.8. The lowest BCUT2D eigenvalue weighted by atomic mass is 9.88. The van der Waals surface area contributed by atoms with Gasteiger partial charge in [-0.25, -0.2) is 0 Å². The van der Waals surface area contributed by atoms with E-state index in [1.165, 1.54) is 11.1 Å². The molecule has 1 aromatic heterocycles. The molecule has 0 bridgehead atoms. The lowest BCUT2D eigenvalue weighted by molar-refractivity contribution is -0.108. The molecule has 4 nitrogen and oxygen atoms in total. The number of benzene rings is 3. The van der Waals surface area contributed by atoms with E-state index >= 15 is 0 Å². The number of ether oxygens (including phenoxy) is 1. The van der Waals surface area contributed by atoms with Crippen LogP contribution in [0.1, 0.15) is 39.9 Å². The molecule has 4 aromatic rings. The Bertz CT molecular complexity index is 1340. The van der Waals surface area contributed by atoms with Crippen molar-refractivity contribution < 1.29 is 14.3 Å². The van der Waals surface area contributed by atoms with E-state index in [2.05, 4.69) is 22.8 Å². The maximum atomic E-state index is 12.7. The van der Waals surface area contributed by atoms with E-state index in [1.807, 2.05) is 30.3 Å². The lowest BCUT2D eigenvalue weighted by Gasteiger charge is -2.20. The number of fused-ring (bicyclic) bond motifs is 4. The van der Waals surface area contributed by atoms with Gasteiger partial charge in [0, 0.05) is 17.5 Å². The van der Waals surface area contributed by atoms with Gasteiger partial charge in [-0.2, -0.15) is 0 Å². The van der Waals surface area contributed by atoms with Gasteiger partial charge < -0.3 is 9.30 Å². The van der Waals surface area contributed by atoms with Gasteiger partial charge in [0.2, 0.25) is 5.78 Å². The number of nitrogens with zero attached hydrogens (tertiary/aromatic N) is 1. The second-order valence-electron chi connectivity index (χ2n) is 8.02. The highest BCUT2D eigenvalue weighted by Gasteiger charge is 2.26. The summed E-state index contributed by atoms with van der Waals surface area (Å²) in [4.78, 5) is 24.5. The first-order chi connectivity index (χ1) is 15.1. The maximum absolute atomic E-state index is 12.7. The maximum Gasteiger partial charge on any atom is 0.293 e. The minimum absolute atomic E-state index is 0.323. The average Bonchev–Trinajstić information content (AvgIpc) is 3.11. The number of aryl methyl sites for hydroxylation is 1. The predicted molar refractivity (Wildman–Crippen MR) is 123 cm³/mol. The van der Waals surface area contributed by atoms with E-state index < -0.39 is 11.0 Å². The number of halogens is 1. The highest BCUT2D eigenvalue weighted by Crippen LogP contribution is 2.43. The summed E-state index contributed by atoms with van der Waals surface area (Å²) < 4.78 is 8.17. The minimum Gasteiger partial charge on any atom is -0.496 e. The first-order valence-electron chi connectivity index (χ1n) is 10.5. The smallest absolute Gasteiger partial charge is 0.293 e. The Hall–Kier alpha value is -3.11. The minimum atomic E-state index is -0.978. The molecular formula is C26H22ClNO3. The van der Waals surface area contributed by atoms with Gasteiger partial charge in [-0.3, -0.25) is 9.59 Å². The number of carbonyl (C=O) groups is 2. The van der Waals surface area contributed by atoms with E-state index in [-0.39, 0.29) is 0 Å². The van der Waals surface area contributed by atoms with Crippen molar-refractivity contribution in [1.29, 1.82) is 0 Å². The van der Waals surface area contributed by atoms with Crippen LogP contribution in [0.25, 0.3) is 21.8 Å². The van der Waals surface area contributed by atoms with Gasteiger partial charge in [-0.05, 0) is 66.1 Å². The van der Waals surface area contributed by atoms with Gasteiger partial charge in [0.05, 0.1) is 23.5 Å².